The zero-order chi connectivity index (χ0) is 20.7. The first kappa shape index (κ1) is 21.3. The van der Waals surface area contributed by atoms with Gasteiger partial charge in [-0.3, -0.25) is 5.32 Å². The van der Waals surface area contributed by atoms with Crippen molar-refractivity contribution in [2.75, 3.05) is 5.32 Å². The Morgan fingerprint density at radius 1 is 1.07 bits per heavy atom. The number of benzene rings is 2. The molecule has 150 valence electrons. The number of hydrogen-bond acceptors (Lipinski definition) is 4. The zero-order valence-electron chi connectivity index (χ0n) is 16.7. The van der Waals surface area contributed by atoms with Crippen LogP contribution in [0.15, 0.2) is 42.5 Å². The lowest BCUT2D eigenvalue weighted by atomic mass is 9.96. The highest BCUT2D eigenvalue weighted by atomic mass is 16.6. The van der Waals surface area contributed by atoms with Crippen LogP contribution in [0.4, 0.5) is 10.5 Å². The monoisotopic (exact) mass is 385 g/mol. The molecule has 6 nitrogen and oxygen atoms in total. The van der Waals surface area contributed by atoms with Gasteiger partial charge in [-0.1, -0.05) is 44.2 Å². The Hall–Kier alpha value is -3.02. The number of amides is 1. The molecule has 0 unspecified atom stereocenters. The van der Waals surface area contributed by atoms with Gasteiger partial charge in [0.2, 0.25) is 0 Å². The summed E-state index contributed by atoms with van der Waals surface area (Å²) in [6.07, 6.45) is -0.480. The lowest BCUT2D eigenvalue weighted by molar-refractivity contribution is 0.0696. The van der Waals surface area contributed by atoms with Crippen LogP contribution in [-0.2, 0) is 17.8 Å². The van der Waals surface area contributed by atoms with Gasteiger partial charge in [0.1, 0.15) is 12.4 Å². The number of nitrogens with one attached hydrogen (secondary N) is 1. The van der Waals surface area contributed by atoms with Gasteiger partial charge in [0.15, 0.2) is 0 Å². The van der Waals surface area contributed by atoms with Crippen LogP contribution in [0.3, 0.4) is 0 Å². The van der Waals surface area contributed by atoms with Crippen molar-refractivity contribution in [2.24, 2.45) is 5.92 Å². The highest BCUT2D eigenvalue weighted by Gasteiger charge is 2.21. The molecule has 0 atom stereocenters. The molecule has 0 aromatic heterocycles. The first-order valence-corrected chi connectivity index (χ1v) is 9.30. The summed E-state index contributed by atoms with van der Waals surface area (Å²) < 4.78 is 11.0. The van der Waals surface area contributed by atoms with E-state index in [1.165, 1.54) is 6.07 Å². The molecule has 0 saturated heterocycles. The molecular formula is C22H27NO5. The SMILES string of the molecule is CC(C)Cc1cc(OCc2ccccc2)cc(NC(=O)OC(C)C)c1C(=O)O. The predicted molar refractivity (Wildman–Crippen MR) is 108 cm³/mol. The van der Waals surface area contributed by atoms with E-state index in [9.17, 15) is 14.7 Å². The van der Waals surface area contributed by atoms with Crippen molar-refractivity contribution in [1.82, 2.24) is 0 Å². The summed E-state index contributed by atoms with van der Waals surface area (Å²) in [5, 5.41) is 12.3. The van der Waals surface area contributed by atoms with E-state index in [0.29, 0.717) is 24.3 Å². The van der Waals surface area contributed by atoms with E-state index in [-0.39, 0.29) is 23.3 Å². The van der Waals surface area contributed by atoms with E-state index in [1.807, 2.05) is 44.2 Å². The second-order valence-electron chi connectivity index (χ2n) is 7.26. The Morgan fingerprint density at radius 3 is 2.32 bits per heavy atom. The van der Waals surface area contributed by atoms with Gasteiger partial charge in [-0.25, -0.2) is 9.59 Å². The molecule has 0 aliphatic heterocycles. The smallest absolute Gasteiger partial charge is 0.411 e. The molecule has 0 fully saturated rings. The summed E-state index contributed by atoms with van der Waals surface area (Å²) >= 11 is 0. The van der Waals surface area contributed by atoms with E-state index in [0.717, 1.165) is 5.56 Å². The van der Waals surface area contributed by atoms with Crippen LogP contribution in [0.2, 0.25) is 0 Å². The molecule has 0 spiro atoms. The zero-order valence-corrected chi connectivity index (χ0v) is 16.7. The maximum atomic E-state index is 12.1. The molecule has 2 rings (SSSR count). The molecule has 0 bridgehead atoms. The number of hydrogen-bond donors (Lipinski definition) is 2. The molecule has 0 saturated carbocycles. The highest BCUT2D eigenvalue weighted by molar-refractivity contribution is 6.00. The molecule has 1 amide bonds. The van der Waals surface area contributed by atoms with E-state index in [4.69, 9.17) is 9.47 Å². The number of carbonyl (C=O) groups is 2. The highest BCUT2D eigenvalue weighted by Crippen LogP contribution is 2.30. The number of carboxylic acids is 1. The van der Waals surface area contributed by atoms with Crippen molar-refractivity contribution < 1.29 is 24.2 Å². The molecule has 0 aliphatic carbocycles. The van der Waals surface area contributed by atoms with Gasteiger partial charge in [0.05, 0.1) is 17.4 Å². The van der Waals surface area contributed by atoms with Crippen molar-refractivity contribution in [3.05, 3.63) is 59.2 Å². The van der Waals surface area contributed by atoms with E-state index < -0.39 is 12.1 Å². The number of carbonyl (C=O) groups excluding carboxylic acids is 1. The van der Waals surface area contributed by atoms with E-state index in [2.05, 4.69) is 5.32 Å². The normalized spacial score (nSPS) is 10.8. The largest absolute Gasteiger partial charge is 0.489 e. The van der Waals surface area contributed by atoms with Crippen LogP contribution < -0.4 is 10.1 Å². The lowest BCUT2D eigenvalue weighted by Crippen LogP contribution is -2.20. The quantitative estimate of drug-likeness (QED) is 0.659. The lowest BCUT2D eigenvalue weighted by Gasteiger charge is -2.17. The summed E-state index contributed by atoms with van der Waals surface area (Å²) in [5.41, 5.74) is 1.82. The average molecular weight is 385 g/mol. The van der Waals surface area contributed by atoms with Gasteiger partial charge >= 0.3 is 12.1 Å². The van der Waals surface area contributed by atoms with Crippen LogP contribution in [-0.4, -0.2) is 23.3 Å². The van der Waals surface area contributed by atoms with Gasteiger partial charge < -0.3 is 14.6 Å². The fourth-order valence-electron chi connectivity index (χ4n) is 2.80. The molecule has 2 aromatic rings. The first-order chi connectivity index (χ1) is 13.3. The van der Waals surface area contributed by atoms with E-state index >= 15 is 0 Å². The Bertz CT molecular complexity index is 815. The number of ether oxygens (including phenoxy) is 2. The minimum Gasteiger partial charge on any atom is -0.489 e. The van der Waals surface area contributed by atoms with Crippen LogP contribution in [0.1, 0.15) is 49.2 Å². The third-order valence-electron chi connectivity index (χ3n) is 3.86. The first-order valence-electron chi connectivity index (χ1n) is 9.30. The van der Waals surface area contributed by atoms with Crippen molar-refractivity contribution in [2.45, 2.75) is 46.8 Å². The summed E-state index contributed by atoms with van der Waals surface area (Å²) in [6, 6.07) is 12.9. The fraction of sp³-hybridized carbons (Fsp3) is 0.364. The molecule has 0 aliphatic rings. The fourth-order valence-corrected chi connectivity index (χ4v) is 2.80. The third kappa shape index (κ3) is 6.30. The van der Waals surface area contributed by atoms with Gasteiger partial charge in [0.25, 0.3) is 0 Å². The number of carboxylic acid groups (broad SMARTS) is 1. The molecule has 2 aromatic carbocycles. The molecule has 6 heteroatoms. The second-order valence-corrected chi connectivity index (χ2v) is 7.26. The Labute approximate surface area is 165 Å². The van der Waals surface area contributed by atoms with Crippen LogP contribution in [0, 0.1) is 5.92 Å². The average Bonchev–Trinajstić information content (AvgIpc) is 2.59. The summed E-state index contributed by atoms with van der Waals surface area (Å²) in [7, 11) is 0. The maximum Gasteiger partial charge on any atom is 0.411 e. The van der Waals surface area contributed by atoms with E-state index in [1.54, 1.807) is 19.9 Å². The van der Waals surface area contributed by atoms with Crippen LogP contribution in [0.25, 0.3) is 0 Å². The van der Waals surface area contributed by atoms with Crippen LogP contribution >= 0.6 is 0 Å². The minimum absolute atomic E-state index is 0.0569. The Kier molecular flexibility index (Phi) is 7.44. The Balaban J connectivity index is 2.37. The molecule has 2 N–H and O–H groups in total. The number of rotatable bonds is 8. The maximum absolute atomic E-state index is 12.1. The topological polar surface area (TPSA) is 84.9 Å². The van der Waals surface area contributed by atoms with Crippen molar-refractivity contribution in [3.63, 3.8) is 0 Å². The van der Waals surface area contributed by atoms with Crippen LogP contribution in [0.5, 0.6) is 5.75 Å². The van der Waals surface area contributed by atoms with Gasteiger partial charge in [-0.05, 0) is 43.4 Å². The number of aromatic carboxylic acids is 1. The van der Waals surface area contributed by atoms with Crippen molar-refractivity contribution in [1.29, 1.82) is 0 Å². The molecular weight excluding hydrogens is 358 g/mol. The van der Waals surface area contributed by atoms with Crippen molar-refractivity contribution >= 4 is 17.7 Å². The molecule has 0 heterocycles. The second kappa shape index (κ2) is 9.78. The molecule has 0 radical (unpaired) electrons. The summed E-state index contributed by atoms with van der Waals surface area (Å²) in [6.45, 7) is 7.79. The third-order valence-corrected chi connectivity index (χ3v) is 3.86. The van der Waals surface area contributed by atoms with Crippen molar-refractivity contribution in [3.8, 4) is 5.75 Å². The summed E-state index contributed by atoms with van der Waals surface area (Å²) in [5.74, 6) is -0.382. The van der Waals surface area contributed by atoms with Gasteiger partial charge in [-0.2, -0.15) is 0 Å². The Morgan fingerprint density at radius 2 is 1.75 bits per heavy atom. The molecule has 28 heavy (non-hydrogen) atoms. The van der Waals surface area contributed by atoms with Gasteiger partial charge in [-0.15, -0.1) is 0 Å². The standard InChI is InChI=1S/C22H27NO5/c1-14(2)10-17-11-18(27-13-16-8-6-5-7-9-16)12-19(20(17)21(24)25)23-22(26)28-15(3)4/h5-9,11-12,14-15H,10,13H2,1-4H3,(H,23,26)(H,24,25). The minimum atomic E-state index is -1.11. The summed E-state index contributed by atoms with van der Waals surface area (Å²) in [4.78, 5) is 23.9. The predicted octanol–water partition coefficient (Wildman–Crippen LogP) is 5.12. The van der Waals surface area contributed by atoms with Gasteiger partial charge in [0, 0.05) is 6.07 Å². The number of anilines is 1.